The maximum atomic E-state index is 12.1. The van der Waals surface area contributed by atoms with Gasteiger partial charge in [-0.15, -0.1) is 0 Å². The molecule has 2 aliphatic heterocycles. The van der Waals surface area contributed by atoms with Gasteiger partial charge in [0, 0.05) is 54.8 Å². The standard InChI is InChI=1S/C16H18N4OS/c21-14-3-1-2-13-12-6-10(8-20(13)14)7-19(9-12)16-17-15(18-22-16)11-4-5-11/h1-3,10-12H,4-9H2. The van der Waals surface area contributed by atoms with Gasteiger partial charge in [-0.3, -0.25) is 4.79 Å². The Balaban J connectivity index is 1.46. The molecule has 1 saturated heterocycles. The molecule has 2 aromatic rings. The summed E-state index contributed by atoms with van der Waals surface area (Å²) in [6.07, 6.45) is 3.68. The second kappa shape index (κ2) is 4.65. The zero-order valence-corrected chi connectivity index (χ0v) is 13.1. The molecule has 2 bridgehead atoms. The highest BCUT2D eigenvalue weighted by Crippen LogP contribution is 2.41. The number of nitrogens with zero attached hydrogens (tertiary/aromatic N) is 4. The Kier molecular flexibility index (Phi) is 2.71. The fourth-order valence-electron chi connectivity index (χ4n) is 3.91. The molecule has 1 aliphatic carbocycles. The lowest BCUT2D eigenvalue weighted by atomic mass is 9.83. The van der Waals surface area contributed by atoms with E-state index in [1.165, 1.54) is 25.0 Å². The van der Waals surface area contributed by atoms with Crippen LogP contribution in [0.25, 0.3) is 0 Å². The zero-order valence-electron chi connectivity index (χ0n) is 12.3. The van der Waals surface area contributed by atoms with Crippen LogP contribution in [-0.4, -0.2) is 27.0 Å². The van der Waals surface area contributed by atoms with Crippen LogP contribution >= 0.6 is 11.5 Å². The molecule has 1 saturated carbocycles. The molecule has 0 N–H and O–H groups in total. The Morgan fingerprint density at radius 1 is 1.14 bits per heavy atom. The lowest BCUT2D eigenvalue weighted by molar-refractivity contribution is 0.281. The Morgan fingerprint density at radius 2 is 2.05 bits per heavy atom. The third kappa shape index (κ3) is 2.00. The van der Waals surface area contributed by atoms with Crippen molar-refractivity contribution in [2.24, 2.45) is 5.92 Å². The molecule has 2 unspecified atom stereocenters. The normalized spacial score (nSPS) is 26.8. The molecule has 4 heterocycles. The SMILES string of the molecule is O=c1cccc2n1CC1CC2CN(c2nc(C3CC3)ns2)C1. The third-order valence-corrected chi connectivity index (χ3v) is 5.91. The largest absolute Gasteiger partial charge is 0.346 e. The summed E-state index contributed by atoms with van der Waals surface area (Å²) in [5.41, 5.74) is 1.34. The monoisotopic (exact) mass is 314 g/mol. The first kappa shape index (κ1) is 12.8. The molecule has 5 rings (SSSR count). The zero-order chi connectivity index (χ0) is 14.7. The van der Waals surface area contributed by atoms with Crippen LogP contribution in [0.3, 0.4) is 0 Å². The van der Waals surface area contributed by atoms with Crippen molar-refractivity contribution < 1.29 is 0 Å². The molecule has 0 radical (unpaired) electrons. The Morgan fingerprint density at radius 3 is 2.91 bits per heavy atom. The van der Waals surface area contributed by atoms with Crippen molar-refractivity contribution in [2.45, 2.75) is 37.6 Å². The number of piperidine rings is 1. The molecule has 0 spiro atoms. The molecule has 2 fully saturated rings. The highest BCUT2D eigenvalue weighted by atomic mass is 32.1. The first-order valence-electron chi connectivity index (χ1n) is 8.06. The van der Waals surface area contributed by atoms with E-state index in [0.717, 1.165) is 30.6 Å². The average Bonchev–Trinajstić information content (AvgIpc) is 3.26. The summed E-state index contributed by atoms with van der Waals surface area (Å²) in [5.74, 6) is 2.65. The molecule has 22 heavy (non-hydrogen) atoms. The number of hydrogen-bond acceptors (Lipinski definition) is 5. The third-order valence-electron chi connectivity index (χ3n) is 5.12. The van der Waals surface area contributed by atoms with E-state index in [0.29, 0.717) is 17.8 Å². The minimum Gasteiger partial charge on any atom is -0.346 e. The summed E-state index contributed by atoms with van der Waals surface area (Å²) >= 11 is 1.54. The minimum absolute atomic E-state index is 0.146. The van der Waals surface area contributed by atoms with E-state index in [1.54, 1.807) is 17.6 Å². The van der Waals surface area contributed by atoms with Crippen molar-refractivity contribution >= 4 is 16.7 Å². The fourth-order valence-corrected chi connectivity index (χ4v) is 4.68. The van der Waals surface area contributed by atoms with Gasteiger partial charge in [-0.05, 0) is 31.2 Å². The lowest BCUT2D eigenvalue weighted by Crippen LogP contribution is -2.47. The second-order valence-electron chi connectivity index (χ2n) is 6.81. The van der Waals surface area contributed by atoms with Gasteiger partial charge in [0.15, 0.2) is 0 Å². The second-order valence-corrected chi connectivity index (χ2v) is 7.54. The molecule has 2 atom stereocenters. The smallest absolute Gasteiger partial charge is 0.250 e. The molecule has 2 aromatic heterocycles. The molecular formula is C16H18N4OS. The van der Waals surface area contributed by atoms with Crippen LogP contribution in [-0.2, 0) is 6.54 Å². The molecule has 5 nitrogen and oxygen atoms in total. The molecule has 114 valence electrons. The van der Waals surface area contributed by atoms with E-state index in [2.05, 4.69) is 15.3 Å². The first-order valence-corrected chi connectivity index (χ1v) is 8.83. The van der Waals surface area contributed by atoms with Crippen molar-refractivity contribution in [3.05, 3.63) is 40.1 Å². The molecular weight excluding hydrogens is 296 g/mol. The van der Waals surface area contributed by atoms with E-state index in [9.17, 15) is 4.79 Å². The quantitative estimate of drug-likeness (QED) is 0.853. The van der Waals surface area contributed by atoms with Gasteiger partial charge in [0.25, 0.3) is 5.56 Å². The van der Waals surface area contributed by atoms with Crippen molar-refractivity contribution in [3.63, 3.8) is 0 Å². The van der Waals surface area contributed by atoms with Crippen LogP contribution in [0, 0.1) is 5.92 Å². The number of hydrogen-bond donors (Lipinski definition) is 0. The highest BCUT2D eigenvalue weighted by Gasteiger charge is 2.36. The number of pyridine rings is 1. The maximum Gasteiger partial charge on any atom is 0.250 e. The van der Waals surface area contributed by atoms with Gasteiger partial charge in [-0.25, -0.2) is 4.98 Å². The molecule has 0 aromatic carbocycles. The number of anilines is 1. The Bertz CT molecular complexity index is 778. The van der Waals surface area contributed by atoms with E-state index in [-0.39, 0.29) is 5.56 Å². The van der Waals surface area contributed by atoms with Gasteiger partial charge in [-0.1, -0.05) is 6.07 Å². The first-order chi connectivity index (χ1) is 10.8. The molecule has 0 amide bonds. The number of aromatic nitrogens is 3. The summed E-state index contributed by atoms with van der Waals surface area (Å²) < 4.78 is 6.52. The van der Waals surface area contributed by atoms with Gasteiger partial charge in [0.05, 0.1) is 0 Å². The van der Waals surface area contributed by atoms with Crippen molar-refractivity contribution in [2.75, 3.05) is 18.0 Å². The van der Waals surface area contributed by atoms with Gasteiger partial charge >= 0.3 is 0 Å². The van der Waals surface area contributed by atoms with E-state index in [4.69, 9.17) is 4.98 Å². The molecule has 6 heteroatoms. The van der Waals surface area contributed by atoms with Crippen molar-refractivity contribution in [1.29, 1.82) is 0 Å². The van der Waals surface area contributed by atoms with Gasteiger partial charge < -0.3 is 9.47 Å². The Hall–Kier alpha value is -1.69. The summed E-state index contributed by atoms with van der Waals surface area (Å²) in [4.78, 5) is 19.2. The predicted octanol–water partition coefficient (Wildman–Crippen LogP) is 2.20. The van der Waals surface area contributed by atoms with E-state index < -0.39 is 0 Å². The topological polar surface area (TPSA) is 51.0 Å². The summed E-state index contributed by atoms with van der Waals surface area (Å²) in [5, 5.41) is 1.07. The van der Waals surface area contributed by atoms with Crippen LogP contribution in [0.5, 0.6) is 0 Å². The lowest BCUT2D eigenvalue weighted by Gasteiger charge is -2.42. The Labute approximate surface area is 132 Å². The summed E-state index contributed by atoms with van der Waals surface area (Å²) in [7, 11) is 0. The minimum atomic E-state index is 0.146. The maximum absolute atomic E-state index is 12.1. The number of rotatable bonds is 2. The summed E-state index contributed by atoms with van der Waals surface area (Å²) in [6, 6.07) is 5.68. The fraction of sp³-hybridized carbons (Fsp3) is 0.562. The van der Waals surface area contributed by atoms with Crippen molar-refractivity contribution in [1.82, 2.24) is 13.9 Å². The van der Waals surface area contributed by atoms with Gasteiger partial charge in [0.2, 0.25) is 5.13 Å². The van der Waals surface area contributed by atoms with Crippen LogP contribution in [0.4, 0.5) is 5.13 Å². The van der Waals surface area contributed by atoms with E-state index in [1.807, 2.05) is 10.6 Å². The predicted molar refractivity (Wildman–Crippen MR) is 85.6 cm³/mol. The van der Waals surface area contributed by atoms with Crippen LogP contribution in [0.2, 0.25) is 0 Å². The number of fused-ring (bicyclic) bond motifs is 4. The van der Waals surface area contributed by atoms with E-state index >= 15 is 0 Å². The van der Waals surface area contributed by atoms with Crippen LogP contribution in [0.15, 0.2) is 23.0 Å². The average molecular weight is 314 g/mol. The highest BCUT2D eigenvalue weighted by molar-refractivity contribution is 7.09. The van der Waals surface area contributed by atoms with Gasteiger partial charge in [-0.2, -0.15) is 4.37 Å². The van der Waals surface area contributed by atoms with Crippen molar-refractivity contribution in [3.8, 4) is 0 Å². The van der Waals surface area contributed by atoms with Crippen LogP contribution in [0.1, 0.15) is 42.6 Å². The summed E-state index contributed by atoms with van der Waals surface area (Å²) in [6.45, 7) is 2.80. The molecule has 3 aliphatic rings. The van der Waals surface area contributed by atoms with Gasteiger partial charge in [0.1, 0.15) is 5.82 Å². The van der Waals surface area contributed by atoms with Crippen LogP contribution < -0.4 is 10.5 Å².